The van der Waals surface area contributed by atoms with Gasteiger partial charge in [-0.05, 0) is 73.0 Å². The van der Waals surface area contributed by atoms with Crippen molar-refractivity contribution in [2.24, 2.45) is 0 Å². The molecule has 0 radical (unpaired) electrons. The number of rotatable bonds is 6. The van der Waals surface area contributed by atoms with E-state index in [1.165, 1.54) is 27.7 Å². The molecular formula is C23H26ClFN2S. The van der Waals surface area contributed by atoms with E-state index in [4.69, 9.17) is 0 Å². The standard InChI is InChI=1S/C23H25FN2S.ClH/c1-27-23-7-3-2-6-20(23)17-10-13-26(14-11-17)12-4-5-18-16-25-22-9-8-19(24)15-21(18)22;/h2-3,6-10,15-16,25H,4-5,11-14H2,1H3;1H. The van der Waals surface area contributed by atoms with E-state index in [0.29, 0.717) is 0 Å². The van der Waals surface area contributed by atoms with E-state index in [0.717, 1.165) is 49.8 Å². The number of aromatic nitrogens is 1. The van der Waals surface area contributed by atoms with Gasteiger partial charge in [-0.3, -0.25) is 4.90 Å². The van der Waals surface area contributed by atoms with Gasteiger partial charge in [0.05, 0.1) is 0 Å². The minimum atomic E-state index is -0.164. The smallest absolute Gasteiger partial charge is 0.123 e. The molecule has 0 aliphatic carbocycles. The summed E-state index contributed by atoms with van der Waals surface area (Å²) in [6.45, 7) is 3.20. The van der Waals surface area contributed by atoms with Gasteiger partial charge in [0.25, 0.3) is 0 Å². The maximum atomic E-state index is 13.5. The van der Waals surface area contributed by atoms with Crippen LogP contribution >= 0.6 is 24.2 Å². The summed E-state index contributed by atoms with van der Waals surface area (Å²) in [4.78, 5) is 7.13. The first-order valence-corrected chi connectivity index (χ1v) is 10.8. The van der Waals surface area contributed by atoms with E-state index in [9.17, 15) is 4.39 Å². The Labute approximate surface area is 176 Å². The number of aryl methyl sites for hydroxylation is 1. The first kappa shape index (κ1) is 21.0. The molecule has 3 aromatic rings. The lowest BCUT2D eigenvalue weighted by Gasteiger charge is -2.27. The SMILES string of the molecule is CSc1ccccc1C1=CCN(CCCc2c[nH]c3ccc(F)cc23)CC1.Cl. The Balaban J connectivity index is 0.00000225. The van der Waals surface area contributed by atoms with Gasteiger partial charge in [0.1, 0.15) is 5.82 Å². The fraction of sp³-hybridized carbons (Fsp3) is 0.304. The first-order chi connectivity index (χ1) is 13.2. The molecule has 5 heteroatoms. The molecule has 0 saturated carbocycles. The number of nitrogens with zero attached hydrogens (tertiary/aromatic N) is 1. The number of hydrogen-bond donors (Lipinski definition) is 1. The third-order valence-corrected chi connectivity index (χ3v) is 6.19. The molecule has 1 N–H and O–H groups in total. The highest BCUT2D eigenvalue weighted by molar-refractivity contribution is 7.98. The van der Waals surface area contributed by atoms with Crippen molar-refractivity contribution in [2.45, 2.75) is 24.2 Å². The van der Waals surface area contributed by atoms with E-state index in [-0.39, 0.29) is 18.2 Å². The highest BCUT2D eigenvalue weighted by Crippen LogP contribution is 2.30. The van der Waals surface area contributed by atoms with Crippen LogP contribution in [0.1, 0.15) is 24.0 Å². The monoisotopic (exact) mass is 416 g/mol. The number of fused-ring (bicyclic) bond motifs is 1. The predicted molar refractivity (Wildman–Crippen MR) is 121 cm³/mol. The highest BCUT2D eigenvalue weighted by atomic mass is 35.5. The lowest BCUT2D eigenvalue weighted by Crippen LogP contribution is -2.29. The molecule has 0 unspecified atom stereocenters. The van der Waals surface area contributed by atoms with Crippen LogP contribution < -0.4 is 0 Å². The summed E-state index contributed by atoms with van der Waals surface area (Å²) in [5.74, 6) is -0.164. The third-order valence-electron chi connectivity index (χ3n) is 5.40. The largest absolute Gasteiger partial charge is 0.361 e. The van der Waals surface area contributed by atoms with Gasteiger partial charge in [-0.25, -0.2) is 4.39 Å². The zero-order chi connectivity index (χ0) is 18.6. The molecular weight excluding hydrogens is 391 g/mol. The van der Waals surface area contributed by atoms with Crippen LogP contribution in [0.15, 0.2) is 59.6 Å². The summed E-state index contributed by atoms with van der Waals surface area (Å²) in [5.41, 5.74) is 5.10. The summed E-state index contributed by atoms with van der Waals surface area (Å²) in [5, 5.41) is 1.02. The zero-order valence-electron chi connectivity index (χ0n) is 16.1. The molecule has 0 atom stereocenters. The fourth-order valence-corrected chi connectivity index (χ4v) is 4.55. The molecule has 2 heterocycles. The lowest BCUT2D eigenvalue weighted by molar-refractivity contribution is 0.298. The van der Waals surface area contributed by atoms with Crippen molar-refractivity contribution in [3.05, 3.63) is 71.7 Å². The summed E-state index contributed by atoms with van der Waals surface area (Å²) < 4.78 is 13.5. The second-order valence-electron chi connectivity index (χ2n) is 7.09. The van der Waals surface area contributed by atoms with Crippen LogP contribution in [-0.4, -0.2) is 35.8 Å². The zero-order valence-corrected chi connectivity index (χ0v) is 17.7. The van der Waals surface area contributed by atoms with Crippen LogP contribution in [0.5, 0.6) is 0 Å². The number of benzene rings is 2. The van der Waals surface area contributed by atoms with Crippen LogP contribution in [-0.2, 0) is 6.42 Å². The van der Waals surface area contributed by atoms with Gasteiger partial charge in [-0.15, -0.1) is 24.2 Å². The van der Waals surface area contributed by atoms with E-state index in [1.807, 2.05) is 24.0 Å². The van der Waals surface area contributed by atoms with Crippen LogP contribution in [0.25, 0.3) is 16.5 Å². The maximum Gasteiger partial charge on any atom is 0.123 e. The minimum Gasteiger partial charge on any atom is -0.361 e. The molecule has 0 spiro atoms. The molecule has 1 aliphatic heterocycles. The van der Waals surface area contributed by atoms with Crippen molar-refractivity contribution in [3.8, 4) is 0 Å². The minimum absolute atomic E-state index is 0. The maximum absolute atomic E-state index is 13.5. The highest BCUT2D eigenvalue weighted by Gasteiger charge is 2.15. The summed E-state index contributed by atoms with van der Waals surface area (Å²) in [6.07, 6.45) is 9.73. The van der Waals surface area contributed by atoms with Crippen molar-refractivity contribution < 1.29 is 4.39 Å². The van der Waals surface area contributed by atoms with Gasteiger partial charge in [0.15, 0.2) is 0 Å². The average molecular weight is 417 g/mol. The molecule has 0 bridgehead atoms. The molecule has 2 nitrogen and oxygen atoms in total. The van der Waals surface area contributed by atoms with Gasteiger partial charge >= 0.3 is 0 Å². The number of halogens is 2. The van der Waals surface area contributed by atoms with Crippen LogP contribution in [0, 0.1) is 5.82 Å². The molecule has 1 aromatic heterocycles. The van der Waals surface area contributed by atoms with Crippen molar-refractivity contribution in [3.63, 3.8) is 0 Å². The van der Waals surface area contributed by atoms with Gasteiger partial charge in [0.2, 0.25) is 0 Å². The van der Waals surface area contributed by atoms with Gasteiger partial charge in [0, 0.05) is 35.1 Å². The second-order valence-corrected chi connectivity index (χ2v) is 7.94. The molecule has 0 saturated heterocycles. The Morgan fingerprint density at radius 1 is 1.18 bits per heavy atom. The van der Waals surface area contributed by atoms with E-state index >= 15 is 0 Å². The Bertz CT molecular complexity index is 966. The third kappa shape index (κ3) is 4.62. The molecule has 2 aromatic carbocycles. The van der Waals surface area contributed by atoms with Gasteiger partial charge in [-0.1, -0.05) is 24.3 Å². The van der Waals surface area contributed by atoms with Gasteiger partial charge < -0.3 is 4.98 Å². The van der Waals surface area contributed by atoms with E-state index in [2.05, 4.69) is 46.5 Å². The van der Waals surface area contributed by atoms with Crippen molar-refractivity contribution in [1.29, 1.82) is 0 Å². The fourth-order valence-electron chi connectivity index (χ4n) is 3.92. The van der Waals surface area contributed by atoms with E-state index in [1.54, 1.807) is 6.07 Å². The Kier molecular flexibility index (Phi) is 7.22. The number of nitrogens with one attached hydrogen (secondary N) is 1. The summed E-state index contributed by atoms with van der Waals surface area (Å²) >= 11 is 1.82. The van der Waals surface area contributed by atoms with Gasteiger partial charge in [-0.2, -0.15) is 0 Å². The summed E-state index contributed by atoms with van der Waals surface area (Å²) in [7, 11) is 0. The number of H-pyrrole nitrogens is 1. The molecule has 0 fully saturated rings. The van der Waals surface area contributed by atoms with Crippen LogP contribution in [0.2, 0.25) is 0 Å². The molecule has 1 aliphatic rings. The Hall–Kier alpha value is -1.75. The second kappa shape index (κ2) is 9.64. The predicted octanol–water partition coefficient (Wildman–Crippen LogP) is 6.17. The average Bonchev–Trinajstić information content (AvgIpc) is 3.10. The first-order valence-electron chi connectivity index (χ1n) is 9.55. The molecule has 0 amide bonds. The topological polar surface area (TPSA) is 19.0 Å². The Morgan fingerprint density at radius 2 is 2.04 bits per heavy atom. The van der Waals surface area contributed by atoms with Crippen molar-refractivity contribution >= 4 is 40.6 Å². The molecule has 4 rings (SSSR count). The number of aromatic amines is 1. The normalized spacial score (nSPS) is 14.7. The van der Waals surface area contributed by atoms with Crippen molar-refractivity contribution in [1.82, 2.24) is 9.88 Å². The quantitative estimate of drug-likeness (QED) is 0.484. The lowest BCUT2D eigenvalue weighted by atomic mass is 9.99. The van der Waals surface area contributed by atoms with Crippen LogP contribution in [0.4, 0.5) is 4.39 Å². The van der Waals surface area contributed by atoms with Crippen molar-refractivity contribution in [2.75, 3.05) is 25.9 Å². The Morgan fingerprint density at radius 3 is 2.82 bits per heavy atom. The summed E-state index contributed by atoms with van der Waals surface area (Å²) in [6, 6.07) is 13.7. The van der Waals surface area contributed by atoms with E-state index < -0.39 is 0 Å². The van der Waals surface area contributed by atoms with Crippen LogP contribution in [0.3, 0.4) is 0 Å². The number of hydrogen-bond acceptors (Lipinski definition) is 2. The number of thioether (sulfide) groups is 1. The molecule has 148 valence electrons. The molecule has 28 heavy (non-hydrogen) atoms.